The van der Waals surface area contributed by atoms with E-state index in [-0.39, 0.29) is 17.7 Å². The third kappa shape index (κ3) is 4.35. The van der Waals surface area contributed by atoms with Crippen molar-refractivity contribution in [3.05, 3.63) is 88.5 Å². The maximum absolute atomic E-state index is 12.8. The first-order chi connectivity index (χ1) is 14.7. The Morgan fingerprint density at radius 3 is 2.52 bits per heavy atom. The van der Waals surface area contributed by atoms with Crippen molar-refractivity contribution in [1.29, 1.82) is 0 Å². The van der Waals surface area contributed by atoms with Gasteiger partial charge in [0.05, 0.1) is 11.3 Å². The fraction of sp³-hybridized carbons (Fsp3) is 0.136. The van der Waals surface area contributed by atoms with Crippen LogP contribution in [0.1, 0.15) is 11.1 Å². The van der Waals surface area contributed by atoms with Crippen LogP contribution in [0, 0.1) is 6.92 Å². The Labute approximate surface area is 174 Å². The van der Waals surface area contributed by atoms with Gasteiger partial charge in [-0.1, -0.05) is 35.9 Å². The Kier molecular flexibility index (Phi) is 5.10. The van der Waals surface area contributed by atoms with Crippen LogP contribution in [0.5, 0.6) is 0 Å². The molecule has 4 rings (SSSR count). The molecular formula is C22H17F3N4O2. The first kappa shape index (κ1) is 20.4. The van der Waals surface area contributed by atoms with Crippen molar-refractivity contribution in [3.8, 4) is 11.3 Å². The minimum absolute atomic E-state index is 0.0000351. The van der Waals surface area contributed by atoms with E-state index in [2.05, 4.69) is 10.4 Å². The lowest BCUT2D eigenvalue weighted by Gasteiger charge is -2.10. The highest BCUT2D eigenvalue weighted by Gasteiger charge is 2.30. The van der Waals surface area contributed by atoms with Crippen molar-refractivity contribution in [2.75, 3.05) is 5.32 Å². The molecule has 2 aromatic carbocycles. The normalized spacial score (nSPS) is 11.6. The lowest BCUT2D eigenvalue weighted by Crippen LogP contribution is -2.28. The number of halogens is 3. The van der Waals surface area contributed by atoms with E-state index in [1.165, 1.54) is 27.4 Å². The van der Waals surface area contributed by atoms with Gasteiger partial charge in [0.1, 0.15) is 12.1 Å². The van der Waals surface area contributed by atoms with Gasteiger partial charge in [-0.15, -0.1) is 0 Å². The van der Waals surface area contributed by atoms with Gasteiger partial charge >= 0.3 is 6.18 Å². The van der Waals surface area contributed by atoms with Gasteiger partial charge in [0.2, 0.25) is 5.91 Å². The van der Waals surface area contributed by atoms with E-state index in [4.69, 9.17) is 0 Å². The van der Waals surface area contributed by atoms with Crippen LogP contribution in [-0.4, -0.2) is 20.1 Å². The SMILES string of the molecule is Cc1ccc(-c2cc3c(=O)n(CC(=O)Nc4cccc(C(F)(F)F)c4)ccn3n2)cc1. The van der Waals surface area contributed by atoms with Crippen LogP contribution in [0.2, 0.25) is 0 Å². The molecule has 9 heteroatoms. The molecule has 0 radical (unpaired) electrons. The van der Waals surface area contributed by atoms with Gasteiger partial charge in [0.25, 0.3) is 5.56 Å². The molecule has 1 amide bonds. The molecule has 2 heterocycles. The molecule has 0 bridgehead atoms. The van der Waals surface area contributed by atoms with Gasteiger partial charge in [-0.3, -0.25) is 9.59 Å². The van der Waals surface area contributed by atoms with Crippen LogP contribution < -0.4 is 10.9 Å². The Balaban J connectivity index is 1.56. The van der Waals surface area contributed by atoms with E-state index in [0.717, 1.165) is 23.3 Å². The number of fused-ring (bicyclic) bond motifs is 1. The number of carbonyl (C=O) groups excluding carboxylic acids is 1. The lowest BCUT2D eigenvalue weighted by molar-refractivity contribution is -0.137. The summed E-state index contributed by atoms with van der Waals surface area (Å²) < 4.78 is 41.1. The number of carbonyl (C=O) groups is 1. The summed E-state index contributed by atoms with van der Waals surface area (Å²) >= 11 is 0. The highest BCUT2D eigenvalue weighted by atomic mass is 19.4. The Hall–Kier alpha value is -3.88. The molecule has 158 valence electrons. The maximum Gasteiger partial charge on any atom is 0.416 e. The van der Waals surface area contributed by atoms with Gasteiger partial charge in [-0.25, -0.2) is 4.52 Å². The van der Waals surface area contributed by atoms with Gasteiger partial charge in [-0.05, 0) is 31.2 Å². The molecule has 4 aromatic rings. The molecule has 0 spiro atoms. The largest absolute Gasteiger partial charge is 0.416 e. The van der Waals surface area contributed by atoms with Crippen LogP contribution in [-0.2, 0) is 17.5 Å². The monoisotopic (exact) mass is 426 g/mol. The van der Waals surface area contributed by atoms with Gasteiger partial charge < -0.3 is 9.88 Å². The number of rotatable bonds is 4. The molecule has 0 saturated heterocycles. The molecule has 0 saturated carbocycles. The number of nitrogens with one attached hydrogen (secondary N) is 1. The molecule has 1 N–H and O–H groups in total. The number of aryl methyl sites for hydroxylation is 1. The predicted molar refractivity (Wildman–Crippen MR) is 110 cm³/mol. The van der Waals surface area contributed by atoms with E-state index >= 15 is 0 Å². The smallest absolute Gasteiger partial charge is 0.325 e. The van der Waals surface area contributed by atoms with E-state index in [0.29, 0.717) is 5.69 Å². The van der Waals surface area contributed by atoms with Crippen molar-refractivity contribution >= 4 is 17.1 Å². The second kappa shape index (κ2) is 7.75. The van der Waals surface area contributed by atoms with Gasteiger partial charge in [0.15, 0.2) is 0 Å². The number of anilines is 1. The molecule has 0 aliphatic carbocycles. The minimum Gasteiger partial charge on any atom is -0.325 e. The number of benzene rings is 2. The minimum atomic E-state index is -4.51. The summed E-state index contributed by atoms with van der Waals surface area (Å²) in [6.07, 6.45) is -1.56. The van der Waals surface area contributed by atoms with Crippen LogP contribution in [0.3, 0.4) is 0 Å². The summed E-state index contributed by atoms with van der Waals surface area (Å²) in [4.78, 5) is 25.1. The average molecular weight is 426 g/mol. The summed E-state index contributed by atoms with van der Waals surface area (Å²) in [5.74, 6) is -0.621. The molecule has 0 aliphatic rings. The third-order valence-electron chi connectivity index (χ3n) is 4.74. The standard InChI is InChI=1S/C22H17F3N4O2/c1-14-5-7-15(8-6-14)18-12-19-21(31)28(9-10-29(19)27-18)13-20(30)26-17-4-2-3-16(11-17)22(23,24)25/h2-12H,13H2,1H3,(H,26,30). The number of hydrogen-bond acceptors (Lipinski definition) is 3. The van der Waals surface area contributed by atoms with E-state index < -0.39 is 23.2 Å². The second-order valence-electron chi connectivity index (χ2n) is 7.08. The van der Waals surface area contributed by atoms with Gasteiger partial charge in [0, 0.05) is 23.6 Å². The maximum atomic E-state index is 12.8. The van der Waals surface area contributed by atoms with Crippen molar-refractivity contribution < 1.29 is 18.0 Å². The van der Waals surface area contributed by atoms with Crippen LogP contribution in [0.25, 0.3) is 16.8 Å². The zero-order chi connectivity index (χ0) is 22.2. The molecule has 0 fully saturated rings. The zero-order valence-corrected chi connectivity index (χ0v) is 16.3. The lowest BCUT2D eigenvalue weighted by atomic mass is 10.1. The molecule has 2 aromatic heterocycles. The fourth-order valence-electron chi connectivity index (χ4n) is 3.14. The molecule has 0 atom stereocenters. The Morgan fingerprint density at radius 1 is 1.06 bits per heavy atom. The Bertz CT molecular complexity index is 1320. The molecule has 6 nitrogen and oxygen atoms in total. The summed E-state index contributed by atoms with van der Waals surface area (Å²) in [6, 6.07) is 13.6. The summed E-state index contributed by atoms with van der Waals surface area (Å²) in [6.45, 7) is 1.62. The summed E-state index contributed by atoms with van der Waals surface area (Å²) in [7, 11) is 0. The van der Waals surface area contributed by atoms with Crippen molar-refractivity contribution in [1.82, 2.24) is 14.2 Å². The van der Waals surface area contributed by atoms with Gasteiger partial charge in [-0.2, -0.15) is 18.3 Å². The number of amides is 1. The number of nitrogens with zero attached hydrogens (tertiary/aromatic N) is 3. The van der Waals surface area contributed by atoms with Crippen molar-refractivity contribution in [3.63, 3.8) is 0 Å². The quantitative estimate of drug-likeness (QED) is 0.534. The molecule has 31 heavy (non-hydrogen) atoms. The number of hydrogen-bond donors (Lipinski definition) is 1. The van der Waals surface area contributed by atoms with Crippen molar-refractivity contribution in [2.45, 2.75) is 19.6 Å². The van der Waals surface area contributed by atoms with E-state index in [1.807, 2.05) is 31.2 Å². The third-order valence-corrected chi connectivity index (χ3v) is 4.74. The second-order valence-corrected chi connectivity index (χ2v) is 7.08. The first-order valence-corrected chi connectivity index (χ1v) is 9.34. The Morgan fingerprint density at radius 2 is 1.81 bits per heavy atom. The van der Waals surface area contributed by atoms with E-state index in [9.17, 15) is 22.8 Å². The zero-order valence-electron chi connectivity index (χ0n) is 16.3. The summed E-state index contributed by atoms with van der Waals surface area (Å²) in [5.41, 5.74) is 1.54. The molecule has 0 aliphatic heterocycles. The average Bonchev–Trinajstić information content (AvgIpc) is 3.15. The molecule has 0 unspecified atom stereocenters. The number of alkyl halides is 3. The topological polar surface area (TPSA) is 68.4 Å². The number of aromatic nitrogens is 3. The first-order valence-electron chi connectivity index (χ1n) is 9.34. The van der Waals surface area contributed by atoms with Crippen LogP contribution >= 0.6 is 0 Å². The van der Waals surface area contributed by atoms with Crippen LogP contribution in [0.15, 0.2) is 71.8 Å². The predicted octanol–water partition coefficient (Wildman–Crippen LogP) is 4.13. The summed E-state index contributed by atoms with van der Waals surface area (Å²) in [5, 5.41) is 6.78. The van der Waals surface area contributed by atoms with E-state index in [1.54, 1.807) is 12.3 Å². The highest BCUT2D eigenvalue weighted by molar-refractivity contribution is 5.90. The highest BCUT2D eigenvalue weighted by Crippen LogP contribution is 2.30. The van der Waals surface area contributed by atoms with Crippen molar-refractivity contribution in [2.24, 2.45) is 0 Å². The fourth-order valence-corrected chi connectivity index (χ4v) is 3.14. The van der Waals surface area contributed by atoms with Crippen LogP contribution in [0.4, 0.5) is 18.9 Å². The molecular weight excluding hydrogens is 409 g/mol.